The highest BCUT2D eigenvalue weighted by molar-refractivity contribution is 5.98. The molecule has 12 heteroatoms. The highest BCUT2D eigenvalue weighted by Gasteiger charge is 2.52. The van der Waals surface area contributed by atoms with Crippen molar-refractivity contribution in [3.63, 3.8) is 0 Å². The minimum Gasteiger partial charge on any atom is -0.328 e. The molecule has 4 aromatic rings. The van der Waals surface area contributed by atoms with E-state index in [1.807, 2.05) is 19.1 Å². The van der Waals surface area contributed by atoms with Gasteiger partial charge in [-0.15, -0.1) is 0 Å². The first-order valence-corrected chi connectivity index (χ1v) is 13.0. The number of amides is 1. The average Bonchev–Trinajstić information content (AvgIpc) is 3.45. The third-order valence-electron chi connectivity index (χ3n) is 8.07. The zero-order chi connectivity index (χ0) is 29.1. The van der Waals surface area contributed by atoms with Gasteiger partial charge in [0.05, 0.1) is 40.4 Å². The van der Waals surface area contributed by atoms with Crippen molar-refractivity contribution in [2.45, 2.75) is 50.3 Å². The zero-order valence-electron chi connectivity index (χ0n) is 22.0. The SMILES string of the molecule is CC1(C#N)CC(N)C1.N#Cc1cccc2c1C1CC(c3nn4ccc(-c5cncnc5)cc4c31)N(C(O)(O)O)C2=O. The summed E-state index contributed by atoms with van der Waals surface area (Å²) >= 11 is 0. The third kappa shape index (κ3) is 4.30. The number of aliphatic hydroxyl groups is 3. The molecule has 1 saturated carbocycles. The van der Waals surface area contributed by atoms with E-state index in [4.69, 9.17) is 11.0 Å². The molecule has 1 aromatic carbocycles. The predicted molar refractivity (Wildman–Crippen MR) is 143 cm³/mol. The molecule has 0 radical (unpaired) electrons. The summed E-state index contributed by atoms with van der Waals surface area (Å²) < 4.78 is 1.65. The van der Waals surface area contributed by atoms with Crippen LogP contribution in [-0.4, -0.2) is 57.8 Å². The van der Waals surface area contributed by atoms with E-state index >= 15 is 0 Å². The first-order chi connectivity index (χ1) is 19.5. The van der Waals surface area contributed by atoms with Crippen LogP contribution in [0, 0.1) is 28.1 Å². The van der Waals surface area contributed by atoms with Crippen LogP contribution in [-0.2, 0) is 0 Å². The van der Waals surface area contributed by atoms with Crippen molar-refractivity contribution in [1.82, 2.24) is 24.5 Å². The Bertz CT molecular complexity index is 1760. The number of nitriles is 2. The van der Waals surface area contributed by atoms with Crippen LogP contribution in [0.1, 0.15) is 70.9 Å². The normalized spacial score (nSPS) is 24.2. The molecule has 3 aliphatic rings. The van der Waals surface area contributed by atoms with E-state index in [-0.39, 0.29) is 17.4 Å². The fourth-order valence-electron chi connectivity index (χ4n) is 6.29. The number of nitrogens with two attached hydrogens (primary N) is 1. The Morgan fingerprint density at radius 1 is 1.10 bits per heavy atom. The summed E-state index contributed by atoms with van der Waals surface area (Å²) in [5.41, 5.74) is 9.95. The quantitative estimate of drug-likeness (QED) is 0.267. The maximum Gasteiger partial charge on any atom is 0.372 e. The molecule has 7 rings (SSSR count). The highest BCUT2D eigenvalue weighted by Crippen LogP contribution is 2.53. The van der Waals surface area contributed by atoms with Crippen LogP contribution in [0.2, 0.25) is 0 Å². The maximum atomic E-state index is 13.3. The van der Waals surface area contributed by atoms with Crippen LogP contribution in [0.15, 0.2) is 55.2 Å². The lowest BCUT2D eigenvalue weighted by Crippen LogP contribution is -2.53. The van der Waals surface area contributed by atoms with Gasteiger partial charge in [-0.2, -0.15) is 15.6 Å². The van der Waals surface area contributed by atoms with Crippen molar-refractivity contribution in [3.05, 3.63) is 83.2 Å². The molecule has 5 N–H and O–H groups in total. The van der Waals surface area contributed by atoms with Gasteiger partial charge >= 0.3 is 6.10 Å². The molecule has 3 aromatic heterocycles. The van der Waals surface area contributed by atoms with E-state index < -0.39 is 24.0 Å². The van der Waals surface area contributed by atoms with Crippen LogP contribution in [0.3, 0.4) is 0 Å². The van der Waals surface area contributed by atoms with E-state index in [2.05, 4.69) is 27.2 Å². The Morgan fingerprint density at radius 3 is 2.44 bits per heavy atom. The Kier molecular flexibility index (Phi) is 6.10. The first kappa shape index (κ1) is 26.5. The molecule has 1 amide bonds. The standard InChI is InChI=1S/C23H16N6O4.C6H10N2/c24-8-13-2-1-3-15-19(13)16-7-18(29(22(15)30)23(31,32)33)21-20(16)17-6-12(4-5-28(17)27-21)14-9-25-11-26-10-14;1-6(4-7)2-5(8)3-6/h1-6,9-11,16,18,31-33H,7H2;5H,2-3,8H2,1H3. The van der Waals surface area contributed by atoms with Crippen LogP contribution in [0.5, 0.6) is 0 Å². The van der Waals surface area contributed by atoms with Crippen molar-refractivity contribution < 1.29 is 20.1 Å². The fraction of sp³-hybridized carbons (Fsp3) is 0.310. The van der Waals surface area contributed by atoms with Crippen molar-refractivity contribution in [2.75, 3.05) is 0 Å². The molecular formula is C29H26N8O4. The largest absolute Gasteiger partial charge is 0.372 e. The Hall–Kier alpha value is -4.72. The lowest BCUT2D eigenvalue weighted by atomic mass is 9.68. The molecule has 12 nitrogen and oxygen atoms in total. The number of rotatable bonds is 2. The number of hydrogen-bond acceptors (Lipinski definition) is 10. The van der Waals surface area contributed by atoms with E-state index in [1.54, 1.807) is 35.2 Å². The molecular weight excluding hydrogens is 524 g/mol. The van der Waals surface area contributed by atoms with Crippen molar-refractivity contribution in [3.8, 4) is 23.3 Å². The molecule has 2 unspecified atom stereocenters. The summed E-state index contributed by atoms with van der Waals surface area (Å²) in [5, 5.41) is 53.2. The molecule has 41 heavy (non-hydrogen) atoms. The van der Waals surface area contributed by atoms with E-state index in [1.165, 1.54) is 12.4 Å². The molecule has 2 bridgehead atoms. The lowest BCUT2D eigenvalue weighted by molar-refractivity contribution is -0.385. The van der Waals surface area contributed by atoms with Gasteiger partial charge in [0.25, 0.3) is 5.91 Å². The molecule has 2 atom stereocenters. The molecule has 2 aliphatic carbocycles. The number of pyridine rings is 1. The van der Waals surface area contributed by atoms with E-state index in [0.717, 1.165) is 35.0 Å². The number of hydrogen-bond donors (Lipinski definition) is 4. The zero-order valence-corrected chi connectivity index (χ0v) is 22.0. The maximum absolute atomic E-state index is 13.3. The van der Waals surface area contributed by atoms with Crippen molar-refractivity contribution in [2.24, 2.45) is 11.1 Å². The van der Waals surface area contributed by atoms with E-state index in [9.17, 15) is 25.4 Å². The highest BCUT2D eigenvalue weighted by atomic mass is 16.7. The number of carbonyl (C=O) groups is 1. The van der Waals surface area contributed by atoms with Gasteiger partial charge in [0.1, 0.15) is 6.33 Å². The smallest absolute Gasteiger partial charge is 0.328 e. The summed E-state index contributed by atoms with van der Waals surface area (Å²) in [6, 6.07) is 12.2. The van der Waals surface area contributed by atoms with Crippen LogP contribution in [0.25, 0.3) is 16.6 Å². The molecule has 1 aliphatic heterocycles. The summed E-state index contributed by atoms with van der Waals surface area (Å²) in [4.78, 5) is 22.1. The number of nitrogens with zero attached hydrogens (tertiary/aromatic N) is 7. The van der Waals surface area contributed by atoms with Gasteiger partial charge in [-0.25, -0.2) is 14.5 Å². The Morgan fingerprint density at radius 2 is 1.83 bits per heavy atom. The van der Waals surface area contributed by atoms with E-state index in [0.29, 0.717) is 27.8 Å². The van der Waals surface area contributed by atoms with Crippen LogP contribution in [0.4, 0.5) is 0 Å². The number of carbonyl (C=O) groups excluding carboxylic acids is 1. The summed E-state index contributed by atoms with van der Waals surface area (Å²) in [7, 11) is 0. The van der Waals surface area contributed by atoms with Gasteiger partial charge in [-0.3, -0.25) is 9.69 Å². The second-order valence-corrected chi connectivity index (χ2v) is 11.0. The second-order valence-electron chi connectivity index (χ2n) is 11.0. The molecule has 0 spiro atoms. The number of aromatic nitrogens is 4. The van der Waals surface area contributed by atoms with Gasteiger partial charge in [0, 0.05) is 47.2 Å². The van der Waals surface area contributed by atoms with Crippen molar-refractivity contribution >= 4 is 11.4 Å². The Balaban J connectivity index is 0.000000328. The van der Waals surface area contributed by atoms with Gasteiger partial charge in [-0.1, -0.05) is 6.07 Å². The first-order valence-electron chi connectivity index (χ1n) is 13.0. The molecule has 0 saturated heterocycles. The van der Waals surface area contributed by atoms with Crippen molar-refractivity contribution in [1.29, 1.82) is 10.5 Å². The van der Waals surface area contributed by atoms with Crippen LogP contribution >= 0.6 is 0 Å². The predicted octanol–water partition coefficient (Wildman–Crippen LogP) is 1.92. The molecule has 206 valence electrons. The summed E-state index contributed by atoms with van der Waals surface area (Å²) in [5.74, 6) is -1.20. The minimum absolute atomic E-state index is 0.0839. The monoisotopic (exact) mass is 550 g/mol. The van der Waals surface area contributed by atoms with Gasteiger partial charge in [0.15, 0.2) is 0 Å². The van der Waals surface area contributed by atoms with Gasteiger partial charge < -0.3 is 21.1 Å². The summed E-state index contributed by atoms with van der Waals surface area (Å²) in [6.45, 7) is 1.95. The van der Waals surface area contributed by atoms with Gasteiger partial charge in [-0.05, 0) is 61.6 Å². The molecule has 1 fully saturated rings. The second kappa shape index (κ2) is 9.44. The number of benzene rings is 1. The lowest BCUT2D eigenvalue weighted by Gasteiger charge is -2.37. The topological polar surface area (TPSA) is 198 Å². The fourth-order valence-corrected chi connectivity index (χ4v) is 6.29. The van der Waals surface area contributed by atoms with Gasteiger partial charge in [0.2, 0.25) is 0 Å². The molecule has 4 heterocycles. The summed E-state index contributed by atoms with van der Waals surface area (Å²) in [6.07, 6.45) is 5.19. The average molecular weight is 551 g/mol. The van der Waals surface area contributed by atoms with Crippen LogP contribution < -0.4 is 5.73 Å². The number of fused-ring (bicyclic) bond motifs is 9. The Labute approximate surface area is 234 Å². The minimum atomic E-state index is -3.40. The third-order valence-corrected chi connectivity index (χ3v) is 8.07.